The summed E-state index contributed by atoms with van der Waals surface area (Å²) < 4.78 is 0. The number of likely N-dealkylation sites (tertiary alicyclic amines) is 1. The van der Waals surface area contributed by atoms with Crippen LogP contribution < -0.4 is 5.32 Å². The maximum Gasteiger partial charge on any atom is 0.303 e. The van der Waals surface area contributed by atoms with Crippen molar-refractivity contribution in [2.75, 3.05) is 26.2 Å². The number of carboxylic acids is 1. The number of hydrogen-bond acceptors (Lipinski definition) is 3. The number of piperidine rings is 1. The minimum atomic E-state index is -0.703. The predicted molar refractivity (Wildman–Crippen MR) is 73.8 cm³/mol. The molecular weight excluding hydrogens is 228 g/mol. The summed E-state index contributed by atoms with van der Waals surface area (Å²) >= 11 is 0. The van der Waals surface area contributed by atoms with Crippen LogP contribution in [0.15, 0.2) is 0 Å². The van der Waals surface area contributed by atoms with E-state index in [1.54, 1.807) is 0 Å². The van der Waals surface area contributed by atoms with Crippen molar-refractivity contribution < 1.29 is 9.90 Å². The maximum absolute atomic E-state index is 10.4. The number of rotatable bonds is 8. The molecule has 1 rings (SSSR count). The summed E-state index contributed by atoms with van der Waals surface area (Å²) in [6.45, 7) is 9.05. The summed E-state index contributed by atoms with van der Waals surface area (Å²) in [6, 6.07) is 0.308. The molecule has 0 aromatic rings. The second-order valence-corrected chi connectivity index (χ2v) is 5.67. The van der Waals surface area contributed by atoms with Gasteiger partial charge in [-0.1, -0.05) is 6.92 Å². The normalized spacial score (nSPS) is 19.9. The Kier molecular flexibility index (Phi) is 7.28. The SMILES string of the molecule is CC1CCN(CCCNC(C)CCC(=O)O)CC1. The molecule has 1 heterocycles. The molecule has 1 saturated heterocycles. The summed E-state index contributed by atoms with van der Waals surface area (Å²) in [5, 5.41) is 12.0. The molecule has 1 aliphatic rings. The first kappa shape index (κ1) is 15.4. The van der Waals surface area contributed by atoms with Crippen LogP contribution in [-0.4, -0.2) is 48.2 Å². The van der Waals surface area contributed by atoms with Crippen LogP contribution in [0.25, 0.3) is 0 Å². The minimum Gasteiger partial charge on any atom is -0.481 e. The van der Waals surface area contributed by atoms with E-state index < -0.39 is 5.97 Å². The summed E-state index contributed by atoms with van der Waals surface area (Å²) in [4.78, 5) is 13.0. The van der Waals surface area contributed by atoms with E-state index in [0.717, 1.165) is 25.3 Å². The first-order chi connectivity index (χ1) is 8.58. The predicted octanol–water partition coefficient (Wildman–Crippen LogP) is 1.95. The topological polar surface area (TPSA) is 52.6 Å². The van der Waals surface area contributed by atoms with Crippen molar-refractivity contribution in [2.45, 2.75) is 52.0 Å². The van der Waals surface area contributed by atoms with E-state index in [4.69, 9.17) is 5.11 Å². The zero-order valence-corrected chi connectivity index (χ0v) is 11.8. The molecule has 0 aromatic carbocycles. The van der Waals surface area contributed by atoms with Crippen molar-refractivity contribution in [3.8, 4) is 0 Å². The lowest BCUT2D eigenvalue weighted by molar-refractivity contribution is -0.137. The lowest BCUT2D eigenvalue weighted by Crippen LogP contribution is -2.35. The quantitative estimate of drug-likeness (QED) is 0.652. The molecule has 1 aliphatic heterocycles. The highest BCUT2D eigenvalue weighted by Gasteiger charge is 2.14. The Hall–Kier alpha value is -0.610. The summed E-state index contributed by atoms with van der Waals surface area (Å²) in [6.07, 6.45) is 4.81. The molecular formula is C14H28N2O2. The van der Waals surface area contributed by atoms with Crippen molar-refractivity contribution in [2.24, 2.45) is 5.92 Å². The molecule has 4 nitrogen and oxygen atoms in total. The third kappa shape index (κ3) is 6.97. The van der Waals surface area contributed by atoms with Crippen LogP contribution in [0.3, 0.4) is 0 Å². The Labute approximate surface area is 111 Å². The molecule has 0 radical (unpaired) electrons. The largest absolute Gasteiger partial charge is 0.481 e. The van der Waals surface area contributed by atoms with Crippen LogP contribution in [0.4, 0.5) is 0 Å². The van der Waals surface area contributed by atoms with E-state index in [9.17, 15) is 4.79 Å². The van der Waals surface area contributed by atoms with Crippen molar-refractivity contribution in [1.29, 1.82) is 0 Å². The Bertz CT molecular complexity index is 238. The smallest absolute Gasteiger partial charge is 0.303 e. The van der Waals surface area contributed by atoms with Crippen molar-refractivity contribution in [3.63, 3.8) is 0 Å². The average molecular weight is 256 g/mol. The van der Waals surface area contributed by atoms with Crippen LogP contribution >= 0.6 is 0 Å². The molecule has 0 saturated carbocycles. The van der Waals surface area contributed by atoms with Crippen LogP contribution in [0.2, 0.25) is 0 Å². The van der Waals surface area contributed by atoms with E-state index >= 15 is 0 Å². The zero-order valence-electron chi connectivity index (χ0n) is 11.8. The fraction of sp³-hybridized carbons (Fsp3) is 0.929. The molecule has 0 aliphatic carbocycles. The van der Waals surface area contributed by atoms with Crippen LogP contribution in [-0.2, 0) is 4.79 Å². The fourth-order valence-corrected chi connectivity index (χ4v) is 2.38. The third-order valence-corrected chi connectivity index (χ3v) is 3.81. The summed E-state index contributed by atoms with van der Waals surface area (Å²) in [5.41, 5.74) is 0. The summed E-state index contributed by atoms with van der Waals surface area (Å²) in [5.74, 6) is 0.196. The fourth-order valence-electron chi connectivity index (χ4n) is 2.38. The molecule has 0 spiro atoms. The number of carbonyl (C=O) groups is 1. The van der Waals surface area contributed by atoms with Gasteiger partial charge in [0, 0.05) is 12.5 Å². The van der Waals surface area contributed by atoms with Crippen molar-refractivity contribution in [1.82, 2.24) is 10.2 Å². The van der Waals surface area contributed by atoms with E-state index in [2.05, 4.69) is 24.1 Å². The van der Waals surface area contributed by atoms with Gasteiger partial charge in [0.05, 0.1) is 0 Å². The van der Waals surface area contributed by atoms with Gasteiger partial charge in [0.25, 0.3) is 0 Å². The van der Waals surface area contributed by atoms with Crippen molar-refractivity contribution in [3.05, 3.63) is 0 Å². The van der Waals surface area contributed by atoms with Crippen molar-refractivity contribution >= 4 is 5.97 Å². The molecule has 2 N–H and O–H groups in total. The van der Waals surface area contributed by atoms with Gasteiger partial charge in [0.15, 0.2) is 0 Å². The van der Waals surface area contributed by atoms with Gasteiger partial charge in [0.2, 0.25) is 0 Å². The van der Waals surface area contributed by atoms with Crippen LogP contribution in [0.5, 0.6) is 0 Å². The lowest BCUT2D eigenvalue weighted by atomic mass is 9.99. The van der Waals surface area contributed by atoms with Gasteiger partial charge in [-0.2, -0.15) is 0 Å². The van der Waals surface area contributed by atoms with Gasteiger partial charge >= 0.3 is 5.97 Å². The average Bonchev–Trinajstić information content (AvgIpc) is 2.34. The number of hydrogen-bond donors (Lipinski definition) is 2. The van der Waals surface area contributed by atoms with Gasteiger partial charge in [-0.3, -0.25) is 4.79 Å². The van der Waals surface area contributed by atoms with Gasteiger partial charge in [-0.05, 0) is 64.7 Å². The van der Waals surface area contributed by atoms with Gasteiger partial charge < -0.3 is 15.3 Å². The number of aliphatic carboxylic acids is 1. The second-order valence-electron chi connectivity index (χ2n) is 5.67. The van der Waals surface area contributed by atoms with Crippen LogP contribution in [0.1, 0.15) is 46.0 Å². The van der Waals surface area contributed by atoms with Crippen LogP contribution in [0, 0.1) is 5.92 Å². The molecule has 0 amide bonds. The highest BCUT2D eigenvalue weighted by Crippen LogP contribution is 2.15. The van der Waals surface area contributed by atoms with E-state index in [1.807, 2.05) is 0 Å². The van der Waals surface area contributed by atoms with E-state index in [0.29, 0.717) is 6.04 Å². The maximum atomic E-state index is 10.4. The Morgan fingerprint density at radius 3 is 2.72 bits per heavy atom. The first-order valence-electron chi connectivity index (χ1n) is 7.25. The number of nitrogens with one attached hydrogen (secondary N) is 1. The monoisotopic (exact) mass is 256 g/mol. The molecule has 4 heteroatoms. The minimum absolute atomic E-state index is 0.262. The van der Waals surface area contributed by atoms with Gasteiger partial charge in [-0.15, -0.1) is 0 Å². The van der Waals surface area contributed by atoms with E-state index in [1.165, 1.54) is 32.5 Å². The first-order valence-corrected chi connectivity index (χ1v) is 7.25. The molecule has 106 valence electrons. The highest BCUT2D eigenvalue weighted by molar-refractivity contribution is 5.66. The third-order valence-electron chi connectivity index (χ3n) is 3.81. The lowest BCUT2D eigenvalue weighted by Gasteiger charge is -2.30. The molecule has 1 unspecified atom stereocenters. The zero-order chi connectivity index (χ0) is 13.4. The Morgan fingerprint density at radius 1 is 1.44 bits per heavy atom. The second kappa shape index (κ2) is 8.48. The van der Waals surface area contributed by atoms with E-state index in [-0.39, 0.29) is 6.42 Å². The molecule has 1 atom stereocenters. The summed E-state index contributed by atoms with van der Waals surface area (Å²) in [7, 11) is 0. The van der Waals surface area contributed by atoms with Gasteiger partial charge in [-0.25, -0.2) is 0 Å². The molecule has 18 heavy (non-hydrogen) atoms. The standard InChI is InChI=1S/C14H28N2O2/c1-12-6-10-16(11-7-12)9-3-8-15-13(2)4-5-14(17)18/h12-13,15H,3-11H2,1-2H3,(H,17,18). The molecule has 0 aromatic heterocycles. The number of carboxylic acid groups (broad SMARTS) is 1. The van der Waals surface area contributed by atoms with Gasteiger partial charge in [0.1, 0.15) is 0 Å². The molecule has 1 fully saturated rings. The molecule has 0 bridgehead atoms. The highest BCUT2D eigenvalue weighted by atomic mass is 16.4. The Morgan fingerprint density at radius 2 is 2.11 bits per heavy atom. The number of nitrogens with zero attached hydrogens (tertiary/aromatic N) is 1. The Balaban J connectivity index is 1.96.